The van der Waals surface area contributed by atoms with Gasteiger partial charge >= 0.3 is 0 Å². The van der Waals surface area contributed by atoms with Crippen molar-refractivity contribution < 1.29 is 0 Å². The molecule has 8 rings (SSSR count). The molecule has 0 radical (unpaired) electrons. The molecule has 40 heavy (non-hydrogen) atoms. The Bertz CT molecular complexity index is 2030. The molecule has 0 saturated carbocycles. The highest BCUT2D eigenvalue weighted by molar-refractivity contribution is 6.26. The predicted octanol–water partition coefficient (Wildman–Crippen LogP) is 10.4. The van der Waals surface area contributed by atoms with Crippen molar-refractivity contribution in [3.05, 3.63) is 144 Å². The van der Waals surface area contributed by atoms with E-state index in [9.17, 15) is 0 Å². The molecule has 1 aromatic heterocycles. The summed E-state index contributed by atoms with van der Waals surface area (Å²) in [7, 11) is 0. The second-order valence-corrected chi connectivity index (χ2v) is 11.5. The van der Waals surface area contributed by atoms with Gasteiger partial charge in [0.15, 0.2) is 0 Å². The van der Waals surface area contributed by atoms with E-state index in [0.717, 1.165) is 11.4 Å². The largest absolute Gasteiger partial charge is 0.310 e. The number of hydrogen-bond donors (Lipinski definition) is 0. The van der Waals surface area contributed by atoms with Crippen LogP contribution in [0.4, 0.5) is 17.1 Å². The van der Waals surface area contributed by atoms with Gasteiger partial charge in [0.1, 0.15) is 0 Å². The first kappa shape index (κ1) is 23.1. The number of aromatic nitrogens is 1. The zero-order valence-corrected chi connectivity index (χ0v) is 23.0. The van der Waals surface area contributed by atoms with E-state index < -0.39 is 0 Å². The summed E-state index contributed by atoms with van der Waals surface area (Å²) in [5.41, 5.74) is 11.1. The van der Waals surface area contributed by atoms with Gasteiger partial charge in [0.2, 0.25) is 0 Å². The van der Waals surface area contributed by atoms with Crippen LogP contribution >= 0.6 is 0 Å². The first-order valence-corrected chi connectivity index (χ1v) is 14.0. The topological polar surface area (TPSA) is 8.17 Å². The highest BCUT2D eigenvalue weighted by atomic mass is 15.1. The molecule has 0 aliphatic heterocycles. The lowest BCUT2D eigenvalue weighted by Crippen LogP contribution is -2.23. The quantitative estimate of drug-likeness (QED) is 0.227. The Morgan fingerprint density at radius 2 is 1.12 bits per heavy atom. The summed E-state index contributed by atoms with van der Waals surface area (Å²) in [6, 6.07) is 46.4. The van der Waals surface area contributed by atoms with Crippen LogP contribution in [-0.2, 0) is 5.41 Å². The molecule has 0 saturated heterocycles. The summed E-state index contributed by atoms with van der Waals surface area (Å²) in [4.78, 5) is 2.39. The molecule has 1 aliphatic rings. The molecule has 0 spiro atoms. The standard InChI is InChI=1S/C38H30N2/c1-25-22-33-37-35-30(25)20-13-21-31(35)38(2,3)32-23-29(24-34(36(32)37)40(33)28-18-11-6-12-19-28)39(26-14-7-4-8-15-26)27-16-9-5-10-17-27/h4-24H,1-3H3. The summed E-state index contributed by atoms with van der Waals surface area (Å²) in [5.74, 6) is 0. The number of anilines is 3. The van der Waals surface area contributed by atoms with Crippen LogP contribution in [0.3, 0.4) is 0 Å². The highest BCUT2D eigenvalue weighted by Crippen LogP contribution is 2.53. The normalized spacial score (nSPS) is 13.6. The molecule has 0 N–H and O–H groups in total. The zero-order chi connectivity index (χ0) is 27.0. The van der Waals surface area contributed by atoms with E-state index in [-0.39, 0.29) is 5.41 Å². The summed E-state index contributed by atoms with van der Waals surface area (Å²) in [6.07, 6.45) is 0. The van der Waals surface area contributed by atoms with E-state index >= 15 is 0 Å². The van der Waals surface area contributed by atoms with Crippen molar-refractivity contribution in [2.24, 2.45) is 0 Å². The number of rotatable bonds is 4. The van der Waals surface area contributed by atoms with E-state index in [1.807, 2.05) is 0 Å². The number of aryl methyl sites for hydroxylation is 1. The summed E-state index contributed by atoms with van der Waals surface area (Å²) in [6.45, 7) is 7.05. The van der Waals surface area contributed by atoms with Crippen LogP contribution < -0.4 is 4.90 Å². The minimum absolute atomic E-state index is 0.163. The van der Waals surface area contributed by atoms with Crippen molar-refractivity contribution in [3.8, 4) is 5.69 Å². The third kappa shape index (κ3) is 3.11. The third-order valence-corrected chi connectivity index (χ3v) is 8.83. The molecule has 0 amide bonds. The SMILES string of the molecule is Cc1cc2c3c4c(cccc14)C(C)(C)c1cc(N(c4ccccc4)c4ccccc4)cc(c13)n2-c1ccccc1. The molecule has 0 unspecified atom stereocenters. The lowest BCUT2D eigenvalue weighted by Gasteiger charge is -2.34. The molecule has 2 heteroatoms. The molecule has 7 aromatic rings. The molecule has 6 aromatic carbocycles. The van der Waals surface area contributed by atoms with Crippen molar-refractivity contribution in [1.82, 2.24) is 4.57 Å². The molecule has 0 atom stereocenters. The van der Waals surface area contributed by atoms with Gasteiger partial charge in [0, 0.05) is 38.9 Å². The number of hydrogen-bond acceptors (Lipinski definition) is 1. The Morgan fingerprint density at radius 3 is 1.77 bits per heavy atom. The second kappa shape index (κ2) is 8.34. The Labute approximate surface area is 234 Å². The van der Waals surface area contributed by atoms with Gasteiger partial charge in [-0.05, 0) is 89.0 Å². The van der Waals surface area contributed by atoms with Crippen molar-refractivity contribution >= 4 is 49.6 Å². The lowest BCUT2D eigenvalue weighted by atomic mass is 9.70. The summed E-state index contributed by atoms with van der Waals surface area (Å²) < 4.78 is 2.48. The number of benzene rings is 6. The lowest BCUT2D eigenvalue weighted by molar-refractivity contribution is 0.652. The van der Waals surface area contributed by atoms with Gasteiger partial charge in [0.25, 0.3) is 0 Å². The highest BCUT2D eigenvalue weighted by Gasteiger charge is 2.36. The number of nitrogens with zero attached hydrogens (tertiary/aromatic N) is 2. The fourth-order valence-electron chi connectivity index (χ4n) is 6.99. The monoisotopic (exact) mass is 514 g/mol. The van der Waals surface area contributed by atoms with Gasteiger partial charge < -0.3 is 9.47 Å². The summed E-state index contributed by atoms with van der Waals surface area (Å²) >= 11 is 0. The zero-order valence-electron chi connectivity index (χ0n) is 23.0. The maximum absolute atomic E-state index is 2.48. The molecular weight excluding hydrogens is 484 g/mol. The van der Waals surface area contributed by atoms with Crippen LogP contribution in [0.1, 0.15) is 30.5 Å². The van der Waals surface area contributed by atoms with Gasteiger partial charge in [-0.25, -0.2) is 0 Å². The fraction of sp³-hybridized carbons (Fsp3) is 0.105. The van der Waals surface area contributed by atoms with Crippen LogP contribution in [0.5, 0.6) is 0 Å². The van der Waals surface area contributed by atoms with Crippen molar-refractivity contribution in [3.63, 3.8) is 0 Å². The number of para-hydroxylation sites is 3. The van der Waals surface area contributed by atoms with Crippen molar-refractivity contribution in [2.45, 2.75) is 26.2 Å². The van der Waals surface area contributed by atoms with Gasteiger partial charge in [-0.1, -0.05) is 86.6 Å². The van der Waals surface area contributed by atoms with Crippen LogP contribution in [0.25, 0.3) is 38.3 Å². The van der Waals surface area contributed by atoms with Gasteiger partial charge in [0.05, 0.1) is 11.0 Å². The van der Waals surface area contributed by atoms with Gasteiger partial charge in [-0.2, -0.15) is 0 Å². The third-order valence-electron chi connectivity index (χ3n) is 8.83. The van der Waals surface area contributed by atoms with Crippen molar-refractivity contribution in [1.29, 1.82) is 0 Å². The summed E-state index contributed by atoms with van der Waals surface area (Å²) in [5, 5.41) is 5.51. The van der Waals surface area contributed by atoms with Crippen LogP contribution in [0.15, 0.2) is 127 Å². The van der Waals surface area contributed by atoms with Gasteiger partial charge in [-0.15, -0.1) is 0 Å². The molecule has 0 fully saturated rings. The first-order chi connectivity index (χ1) is 19.5. The van der Waals surface area contributed by atoms with E-state index in [0.29, 0.717) is 0 Å². The fourth-order valence-corrected chi connectivity index (χ4v) is 6.99. The maximum atomic E-state index is 2.48. The maximum Gasteiger partial charge on any atom is 0.0565 e. The van der Waals surface area contributed by atoms with E-state index in [4.69, 9.17) is 0 Å². The predicted molar refractivity (Wildman–Crippen MR) is 170 cm³/mol. The van der Waals surface area contributed by atoms with E-state index in [1.165, 1.54) is 60.6 Å². The smallest absolute Gasteiger partial charge is 0.0565 e. The molecule has 1 aliphatic carbocycles. The first-order valence-electron chi connectivity index (χ1n) is 14.0. The average molecular weight is 515 g/mol. The Morgan fingerprint density at radius 1 is 0.525 bits per heavy atom. The molecule has 0 bridgehead atoms. The van der Waals surface area contributed by atoms with Crippen molar-refractivity contribution in [2.75, 3.05) is 4.90 Å². The Balaban J connectivity index is 1.58. The van der Waals surface area contributed by atoms with Crippen LogP contribution in [0.2, 0.25) is 0 Å². The second-order valence-electron chi connectivity index (χ2n) is 11.5. The molecular formula is C38H30N2. The van der Waals surface area contributed by atoms with Crippen LogP contribution in [0, 0.1) is 6.92 Å². The molecule has 1 heterocycles. The Kier molecular flexibility index (Phi) is 4.82. The van der Waals surface area contributed by atoms with E-state index in [1.54, 1.807) is 0 Å². The van der Waals surface area contributed by atoms with E-state index in [2.05, 4.69) is 158 Å². The Hall–Kier alpha value is -4.82. The van der Waals surface area contributed by atoms with Crippen LogP contribution in [-0.4, -0.2) is 4.57 Å². The minimum atomic E-state index is -0.163. The van der Waals surface area contributed by atoms with Gasteiger partial charge in [-0.3, -0.25) is 0 Å². The minimum Gasteiger partial charge on any atom is -0.310 e. The molecule has 192 valence electrons. The average Bonchev–Trinajstić information content (AvgIpc) is 3.31. The molecule has 2 nitrogen and oxygen atoms in total.